The normalized spacial score (nSPS) is 12.1. The van der Waals surface area contributed by atoms with E-state index in [0.717, 1.165) is 64.2 Å². The summed E-state index contributed by atoms with van der Waals surface area (Å²) in [7, 11) is 0. The summed E-state index contributed by atoms with van der Waals surface area (Å²) in [5.41, 5.74) is 0. The van der Waals surface area contributed by atoms with E-state index in [4.69, 9.17) is 14.2 Å². The van der Waals surface area contributed by atoms with Crippen LogP contribution in [-0.2, 0) is 28.6 Å². The predicted molar refractivity (Wildman–Crippen MR) is 270 cm³/mol. The SMILES string of the molecule is CCCCC/C=C/C/C=C/CCCCCCCCCCCC(=O)OC[C@@H](COC(=O)CCCCCCCCCCCCCCC)OC(=O)CCCCCCCCCCCCCCC. The summed E-state index contributed by atoms with van der Waals surface area (Å²) in [5, 5.41) is 0. The molecule has 0 aliphatic carbocycles. The molecule has 0 aliphatic heterocycles. The molecule has 0 saturated carbocycles. The molecule has 0 unspecified atom stereocenters. The van der Waals surface area contributed by atoms with Crippen LogP contribution in [0.15, 0.2) is 24.3 Å². The van der Waals surface area contributed by atoms with Crippen LogP contribution >= 0.6 is 0 Å². The Morgan fingerprint density at radius 3 is 0.905 bits per heavy atom. The van der Waals surface area contributed by atoms with Crippen molar-refractivity contribution in [1.29, 1.82) is 0 Å². The third-order valence-corrected chi connectivity index (χ3v) is 12.5. The number of allylic oxidation sites excluding steroid dienone is 4. The highest BCUT2D eigenvalue weighted by molar-refractivity contribution is 5.71. The molecule has 0 bridgehead atoms. The summed E-state index contributed by atoms with van der Waals surface area (Å²) in [5.74, 6) is -0.853. The Balaban J connectivity index is 4.30. The average Bonchev–Trinajstić information content (AvgIpc) is 3.28. The van der Waals surface area contributed by atoms with Gasteiger partial charge in [0.25, 0.3) is 0 Å². The number of unbranched alkanes of at least 4 members (excludes halogenated alkanes) is 36. The number of hydrogen-bond acceptors (Lipinski definition) is 6. The zero-order valence-corrected chi connectivity index (χ0v) is 42.4. The third-order valence-electron chi connectivity index (χ3n) is 12.5. The fraction of sp³-hybridized carbons (Fsp3) is 0.877. The number of rotatable bonds is 51. The maximum absolute atomic E-state index is 12.8. The van der Waals surface area contributed by atoms with Gasteiger partial charge in [0.2, 0.25) is 0 Å². The van der Waals surface area contributed by atoms with Gasteiger partial charge in [-0.1, -0.05) is 257 Å². The molecule has 6 nitrogen and oxygen atoms in total. The Kier molecular flexibility index (Phi) is 50.8. The van der Waals surface area contributed by atoms with E-state index in [1.807, 2.05) is 0 Å². The monoisotopic (exact) mass is 887 g/mol. The highest BCUT2D eigenvalue weighted by atomic mass is 16.6. The minimum absolute atomic E-state index is 0.0670. The van der Waals surface area contributed by atoms with E-state index in [9.17, 15) is 14.4 Å². The standard InChI is InChI=1S/C57H106O6/c1-4-7-10-13-16-19-22-25-26-27-28-29-30-33-35-38-41-44-47-50-56(59)62-53-54(63-57(60)51-48-45-42-39-36-32-24-21-18-15-12-9-6-3)52-61-55(58)49-46-43-40-37-34-31-23-20-17-14-11-8-5-2/h16,19,25-26,54H,4-15,17-18,20-24,27-53H2,1-3H3/b19-16+,26-25+/t54-/m1/s1. The van der Waals surface area contributed by atoms with E-state index in [0.29, 0.717) is 19.3 Å². The Morgan fingerprint density at radius 2 is 0.571 bits per heavy atom. The van der Waals surface area contributed by atoms with Crippen molar-refractivity contribution in [3.05, 3.63) is 24.3 Å². The highest BCUT2D eigenvalue weighted by Crippen LogP contribution is 2.16. The fourth-order valence-corrected chi connectivity index (χ4v) is 8.24. The van der Waals surface area contributed by atoms with Gasteiger partial charge in [0.1, 0.15) is 13.2 Å². The van der Waals surface area contributed by atoms with Crippen LogP contribution in [0.2, 0.25) is 0 Å². The second kappa shape index (κ2) is 52.5. The Bertz CT molecular complexity index is 1020. The summed E-state index contributed by atoms with van der Waals surface area (Å²) < 4.78 is 16.8. The lowest BCUT2D eigenvalue weighted by atomic mass is 10.0. The van der Waals surface area contributed by atoms with E-state index < -0.39 is 6.10 Å². The van der Waals surface area contributed by atoms with Crippen molar-refractivity contribution in [2.75, 3.05) is 13.2 Å². The van der Waals surface area contributed by atoms with Crippen LogP contribution in [0, 0.1) is 0 Å². The molecule has 0 aliphatic rings. The molecule has 6 heteroatoms. The molecule has 0 saturated heterocycles. The number of esters is 3. The number of hydrogen-bond donors (Lipinski definition) is 0. The van der Waals surface area contributed by atoms with Crippen molar-refractivity contribution in [3.8, 4) is 0 Å². The molecule has 63 heavy (non-hydrogen) atoms. The zero-order valence-electron chi connectivity index (χ0n) is 42.4. The molecule has 370 valence electrons. The highest BCUT2D eigenvalue weighted by Gasteiger charge is 2.19. The van der Waals surface area contributed by atoms with E-state index >= 15 is 0 Å². The van der Waals surface area contributed by atoms with Crippen molar-refractivity contribution in [3.63, 3.8) is 0 Å². The van der Waals surface area contributed by atoms with Gasteiger partial charge in [-0.3, -0.25) is 14.4 Å². The second-order valence-electron chi connectivity index (χ2n) is 18.9. The maximum Gasteiger partial charge on any atom is 0.306 e. The zero-order chi connectivity index (χ0) is 45.8. The Labute approximate surface area is 392 Å². The van der Waals surface area contributed by atoms with Gasteiger partial charge in [-0.2, -0.15) is 0 Å². The quantitative estimate of drug-likeness (QED) is 0.0262. The fourth-order valence-electron chi connectivity index (χ4n) is 8.24. The van der Waals surface area contributed by atoms with Gasteiger partial charge in [-0.25, -0.2) is 0 Å². The van der Waals surface area contributed by atoms with Crippen molar-refractivity contribution in [1.82, 2.24) is 0 Å². The molecule has 0 heterocycles. The number of ether oxygens (including phenoxy) is 3. The molecule has 0 radical (unpaired) electrons. The van der Waals surface area contributed by atoms with Crippen LogP contribution in [0.4, 0.5) is 0 Å². The smallest absolute Gasteiger partial charge is 0.306 e. The van der Waals surface area contributed by atoms with E-state index in [1.165, 1.54) is 199 Å². The minimum atomic E-state index is -0.766. The van der Waals surface area contributed by atoms with Gasteiger partial charge in [0.05, 0.1) is 0 Å². The molecule has 0 aromatic heterocycles. The Hall–Kier alpha value is -2.11. The topological polar surface area (TPSA) is 78.9 Å². The first-order valence-electron chi connectivity index (χ1n) is 27.8. The molecule has 1 atom stereocenters. The van der Waals surface area contributed by atoms with Crippen LogP contribution in [0.1, 0.15) is 303 Å². The van der Waals surface area contributed by atoms with Gasteiger partial charge in [-0.15, -0.1) is 0 Å². The average molecular weight is 887 g/mol. The first-order valence-corrected chi connectivity index (χ1v) is 27.8. The maximum atomic E-state index is 12.8. The van der Waals surface area contributed by atoms with Crippen molar-refractivity contribution >= 4 is 17.9 Å². The molecular formula is C57H106O6. The van der Waals surface area contributed by atoms with Gasteiger partial charge in [0, 0.05) is 19.3 Å². The lowest BCUT2D eigenvalue weighted by molar-refractivity contribution is -0.167. The van der Waals surface area contributed by atoms with Gasteiger partial charge in [-0.05, 0) is 51.4 Å². The lowest BCUT2D eigenvalue weighted by Gasteiger charge is -2.18. The van der Waals surface area contributed by atoms with E-state index in [-0.39, 0.29) is 31.1 Å². The van der Waals surface area contributed by atoms with Crippen LogP contribution < -0.4 is 0 Å². The third kappa shape index (κ3) is 50.7. The molecule has 0 spiro atoms. The Morgan fingerprint density at radius 1 is 0.317 bits per heavy atom. The van der Waals surface area contributed by atoms with Crippen molar-refractivity contribution in [2.24, 2.45) is 0 Å². The summed E-state index contributed by atoms with van der Waals surface area (Å²) >= 11 is 0. The molecule has 0 N–H and O–H groups in total. The summed E-state index contributed by atoms with van der Waals surface area (Å²) in [6.07, 6.45) is 60.1. The van der Waals surface area contributed by atoms with Crippen LogP contribution in [0.3, 0.4) is 0 Å². The molecule has 0 rings (SSSR count). The molecular weight excluding hydrogens is 781 g/mol. The minimum Gasteiger partial charge on any atom is -0.462 e. The molecule has 0 fully saturated rings. The molecule has 0 aromatic carbocycles. The van der Waals surface area contributed by atoms with Crippen LogP contribution in [-0.4, -0.2) is 37.2 Å². The lowest BCUT2D eigenvalue weighted by Crippen LogP contribution is -2.30. The second-order valence-corrected chi connectivity index (χ2v) is 18.9. The van der Waals surface area contributed by atoms with Gasteiger partial charge >= 0.3 is 17.9 Å². The first-order chi connectivity index (χ1) is 31.0. The van der Waals surface area contributed by atoms with Crippen LogP contribution in [0.5, 0.6) is 0 Å². The first kappa shape index (κ1) is 60.9. The van der Waals surface area contributed by atoms with E-state index in [2.05, 4.69) is 45.1 Å². The van der Waals surface area contributed by atoms with Gasteiger partial charge in [0.15, 0.2) is 6.10 Å². The summed E-state index contributed by atoms with van der Waals surface area (Å²) in [6, 6.07) is 0. The summed E-state index contributed by atoms with van der Waals surface area (Å²) in [4.78, 5) is 38.0. The predicted octanol–water partition coefficient (Wildman–Crippen LogP) is 18.3. The molecule has 0 aromatic rings. The molecule has 0 amide bonds. The van der Waals surface area contributed by atoms with Crippen LogP contribution in [0.25, 0.3) is 0 Å². The number of carbonyl (C=O) groups is 3. The summed E-state index contributed by atoms with van der Waals surface area (Å²) in [6.45, 7) is 6.65. The number of carbonyl (C=O) groups excluding carboxylic acids is 3. The van der Waals surface area contributed by atoms with Crippen molar-refractivity contribution < 1.29 is 28.6 Å². The largest absolute Gasteiger partial charge is 0.462 e. The van der Waals surface area contributed by atoms with Crippen molar-refractivity contribution in [2.45, 2.75) is 309 Å². The van der Waals surface area contributed by atoms with Gasteiger partial charge < -0.3 is 14.2 Å². The van der Waals surface area contributed by atoms with E-state index in [1.54, 1.807) is 0 Å².